The third kappa shape index (κ3) is 4.75. The van der Waals surface area contributed by atoms with Crippen LogP contribution in [0.1, 0.15) is 41.4 Å². The van der Waals surface area contributed by atoms with Gasteiger partial charge in [-0.1, -0.05) is 11.8 Å². The van der Waals surface area contributed by atoms with Gasteiger partial charge in [0.1, 0.15) is 22.7 Å². The molecule has 2 heterocycles. The molecule has 3 rings (SSSR count). The fourth-order valence-electron chi connectivity index (χ4n) is 3.50. The minimum Gasteiger partial charge on any atom is -0.385 e. The summed E-state index contributed by atoms with van der Waals surface area (Å²) in [4.78, 5) is 34.0. The molecule has 0 saturated carbocycles. The maximum Gasteiger partial charge on any atom is 0.267 e. The second-order valence-electron chi connectivity index (χ2n) is 7.90. The van der Waals surface area contributed by atoms with E-state index < -0.39 is 23.0 Å². The van der Waals surface area contributed by atoms with Crippen LogP contribution in [0.15, 0.2) is 18.3 Å². The van der Waals surface area contributed by atoms with E-state index in [-0.39, 0.29) is 28.6 Å². The zero-order valence-electron chi connectivity index (χ0n) is 18.2. The number of nitrogens with two attached hydrogens (primary N) is 1. The van der Waals surface area contributed by atoms with Crippen LogP contribution in [-0.4, -0.2) is 54.0 Å². The predicted molar refractivity (Wildman–Crippen MR) is 113 cm³/mol. The zero-order chi connectivity index (χ0) is 23.5. The molecule has 9 heteroatoms. The van der Waals surface area contributed by atoms with Gasteiger partial charge in [-0.15, -0.1) is 0 Å². The van der Waals surface area contributed by atoms with Gasteiger partial charge in [-0.2, -0.15) is 0 Å². The molecule has 2 amide bonds. The van der Waals surface area contributed by atoms with Crippen molar-refractivity contribution < 1.29 is 23.1 Å². The van der Waals surface area contributed by atoms with Crippen LogP contribution < -0.4 is 5.73 Å². The molecule has 32 heavy (non-hydrogen) atoms. The summed E-state index contributed by atoms with van der Waals surface area (Å²) in [6.45, 7) is 2.73. The highest BCUT2D eigenvalue weighted by atomic mass is 19.1. The molecule has 1 aliphatic rings. The van der Waals surface area contributed by atoms with Crippen molar-refractivity contribution in [3.8, 4) is 23.2 Å². The Hall–Kier alpha value is -3.38. The Bertz CT molecular complexity index is 1130. The third-order valence-corrected chi connectivity index (χ3v) is 5.43. The number of benzene rings is 1. The predicted octanol–water partition coefficient (Wildman–Crippen LogP) is 2.32. The van der Waals surface area contributed by atoms with E-state index in [2.05, 4.69) is 21.8 Å². The zero-order valence-corrected chi connectivity index (χ0v) is 18.2. The van der Waals surface area contributed by atoms with E-state index in [1.807, 2.05) is 0 Å². The van der Waals surface area contributed by atoms with Crippen molar-refractivity contribution in [2.45, 2.75) is 26.2 Å². The van der Waals surface area contributed by atoms with E-state index >= 15 is 0 Å². The first-order valence-corrected chi connectivity index (χ1v) is 10.1. The molecule has 0 radical (unpaired) electrons. The number of amides is 2. The van der Waals surface area contributed by atoms with Crippen LogP contribution in [-0.2, 0) is 16.0 Å². The number of ether oxygens (including phenoxy) is 1. The summed E-state index contributed by atoms with van der Waals surface area (Å²) in [5.41, 5.74) is 4.76. The van der Waals surface area contributed by atoms with Crippen molar-refractivity contribution in [1.82, 2.24) is 14.9 Å². The van der Waals surface area contributed by atoms with E-state index in [1.54, 1.807) is 26.0 Å². The quantitative estimate of drug-likeness (QED) is 0.547. The lowest BCUT2D eigenvalue weighted by atomic mass is 9.89. The summed E-state index contributed by atoms with van der Waals surface area (Å²) >= 11 is 0. The van der Waals surface area contributed by atoms with Gasteiger partial charge in [-0.25, -0.2) is 18.7 Å². The number of hydrogen-bond acceptors (Lipinski definition) is 5. The Morgan fingerprint density at radius 3 is 2.72 bits per heavy atom. The number of carbonyl (C=O) groups excluding carboxylic acids is 2. The average molecular weight is 442 g/mol. The van der Waals surface area contributed by atoms with Crippen LogP contribution >= 0.6 is 0 Å². The van der Waals surface area contributed by atoms with Crippen molar-refractivity contribution >= 4 is 11.8 Å². The van der Waals surface area contributed by atoms with E-state index in [0.29, 0.717) is 44.0 Å². The molecule has 1 aromatic heterocycles. The molecule has 2 N–H and O–H groups in total. The number of carbonyl (C=O) groups is 2. The van der Waals surface area contributed by atoms with Crippen LogP contribution in [0.25, 0.3) is 11.4 Å². The Labute approximate surface area is 185 Å². The fourth-order valence-corrected chi connectivity index (χ4v) is 3.50. The second kappa shape index (κ2) is 9.40. The van der Waals surface area contributed by atoms with Gasteiger partial charge in [0.15, 0.2) is 5.82 Å². The van der Waals surface area contributed by atoms with Gasteiger partial charge in [0, 0.05) is 45.1 Å². The van der Waals surface area contributed by atoms with Crippen molar-refractivity contribution in [3.63, 3.8) is 0 Å². The fraction of sp³-hybridized carbons (Fsp3) is 0.391. The molecule has 7 nitrogen and oxygen atoms in total. The molecule has 1 aromatic carbocycles. The molecule has 0 bridgehead atoms. The Morgan fingerprint density at radius 1 is 1.34 bits per heavy atom. The number of primary amides is 1. The van der Waals surface area contributed by atoms with Gasteiger partial charge in [0.25, 0.3) is 5.91 Å². The summed E-state index contributed by atoms with van der Waals surface area (Å²) in [6, 6.07) is 1.86. The summed E-state index contributed by atoms with van der Waals surface area (Å²) < 4.78 is 34.0. The molecule has 168 valence electrons. The first-order chi connectivity index (χ1) is 15.2. The van der Waals surface area contributed by atoms with E-state index in [4.69, 9.17) is 10.5 Å². The molecule has 1 saturated heterocycles. The molecule has 1 aliphatic heterocycles. The molecular weight excluding hydrogens is 418 g/mol. The number of methoxy groups -OCH3 is 1. The first-order valence-electron chi connectivity index (χ1n) is 10.1. The molecular formula is C23H24F2N4O3. The molecule has 1 fully saturated rings. The lowest BCUT2D eigenvalue weighted by molar-refractivity contribution is -0.131. The van der Waals surface area contributed by atoms with Crippen molar-refractivity contribution in [2.75, 3.05) is 27.3 Å². The number of aryl methyl sites for hydroxylation is 1. The SMILES string of the molecule is COCCCc1cnc(-c2cc(C#C[C@]3(C)CCN(C)C3=O)c(F)cc2F)nc1C(N)=O. The van der Waals surface area contributed by atoms with Crippen molar-refractivity contribution in [1.29, 1.82) is 0 Å². The van der Waals surface area contributed by atoms with Crippen LogP contribution in [0, 0.1) is 28.9 Å². The van der Waals surface area contributed by atoms with Crippen LogP contribution in [0.3, 0.4) is 0 Å². The number of aromatic nitrogens is 2. The lowest BCUT2D eigenvalue weighted by Gasteiger charge is -2.14. The second-order valence-corrected chi connectivity index (χ2v) is 7.90. The summed E-state index contributed by atoms with van der Waals surface area (Å²) in [5.74, 6) is 2.69. The minimum absolute atomic E-state index is 0.0328. The number of hydrogen-bond donors (Lipinski definition) is 1. The monoisotopic (exact) mass is 442 g/mol. The Morgan fingerprint density at radius 2 is 2.09 bits per heavy atom. The van der Waals surface area contributed by atoms with Crippen LogP contribution in [0.2, 0.25) is 0 Å². The van der Waals surface area contributed by atoms with Crippen LogP contribution in [0.4, 0.5) is 8.78 Å². The van der Waals surface area contributed by atoms with Gasteiger partial charge >= 0.3 is 0 Å². The van der Waals surface area contributed by atoms with Crippen molar-refractivity contribution in [2.24, 2.45) is 11.1 Å². The summed E-state index contributed by atoms with van der Waals surface area (Å²) in [7, 11) is 3.24. The number of nitrogens with zero attached hydrogens (tertiary/aromatic N) is 3. The Kier molecular flexibility index (Phi) is 6.84. The smallest absolute Gasteiger partial charge is 0.267 e. The maximum atomic E-state index is 14.6. The van der Waals surface area contributed by atoms with Crippen LogP contribution in [0.5, 0.6) is 0 Å². The minimum atomic E-state index is -0.935. The highest BCUT2D eigenvalue weighted by Crippen LogP contribution is 2.30. The van der Waals surface area contributed by atoms with Crippen molar-refractivity contribution in [3.05, 3.63) is 46.8 Å². The largest absolute Gasteiger partial charge is 0.385 e. The molecule has 2 aromatic rings. The average Bonchev–Trinajstić information content (AvgIpc) is 3.01. The van der Waals surface area contributed by atoms with E-state index in [9.17, 15) is 18.4 Å². The molecule has 0 aliphatic carbocycles. The maximum absolute atomic E-state index is 14.6. The number of halogens is 2. The van der Waals surface area contributed by atoms with Gasteiger partial charge in [-0.05, 0) is 32.3 Å². The molecule has 1 atom stereocenters. The van der Waals surface area contributed by atoms with E-state index in [0.717, 1.165) is 0 Å². The lowest BCUT2D eigenvalue weighted by Crippen LogP contribution is -2.28. The summed E-state index contributed by atoms with van der Waals surface area (Å²) in [6.07, 6.45) is 2.99. The van der Waals surface area contributed by atoms with E-state index in [1.165, 1.54) is 12.3 Å². The van der Waals surface area contributed by atoms with Gasteiger partial charge in [0.2, 0.25) is 5.91 Å². The number of rotatable bonds is 6. The topological polar surface area (TPSA) is 98.4 Å². The Balaban J connectivity index is 1.99. The highest BCUT2D eigenvalue weighted by molar-refractivity contribution is 5.92. The van der Waals surface area contributed by atoms with Gasteiger partial charge in [-0.3, -0.25) is 9.59 Å². The highest BCUT2D eigenvalue weighted by Gasteiger charge is 2.39. The van der Waals surface area contributed by atoms with Gasteiger partial charge in [0.05, 0.1) is 11.1 Å². The number of likely N-dealkylation sites (tertiary alicyclic amines) is 1. The standard InChI is InChI=1S/C23H24F2N4O3/c1-23(8-9-29(2)22(23)31)7-6-14-11-16(18(25)12-17(14)24)21-27-13-15(5-4-10-32-3)19(28-21)20(26)30/h11-13H,4-5,8-10H2,1-3H3,(H2,26,30)/t23-/m1/s1. The normalized spacial score (nSPS) is 17.9. The summed E-state index contributed by atoms with van der Waals surface area (Å²) in [5, 5.41) is 0. The third-order valence-electron chi connectivity index (χ3n) is 5.43. The molecule has 0 spiro atoms. The van der Waals surface area contributed by atoms with Gasteiger partial charge < -0.3 is 15.4 Å². The molecule has 0 unspecified atom stereocenters. The first kappa shape index (κ1) is 23.3.